The third-order valence-corrected chi connectivity index (χ3v) is 2.24. The smallest absolute Gasteiger partial charge is 0.0110 e. The van der Waals surface area contributed by atoms with E-state index in [1.807, 2.05) is 0 Å². The molecule has 0 aliphatic rings. The monoisotopic (exact) mass is 253 g/mol. The summed E-state index contributed by atoms with van der Waals surface area (Å²) >= 11 is 2.39. The number of hydrogen-bond acceptors (Lipinski definition) is 0. The first-order valence-corrected chi connectivity index (χ1v) is 5.49. The van der Waals surface area contributed by atoms with Gasteiger partial charge in [-0.1, -0.05) is 61.6 Å². The second-order valence-corrected chi connectivity index (χ2v) is 4.56. The van der Waals surface area contributed by atoms with Gasteiger partial charge in [0.2, 0.25) is 0 Å². The lowest BCUT2D eigenvalue weighted by atomic mass is 10.1. The molecule has 0 bridgehead atoms. The summed E-state index contributed by atoms with van der Waals surface area (Å²) in [6.45, 7) is 6.20. The Kier molecular flexibility index (Phi) is 8.40. The molecule has 1 heteroatoms. The molecule has 0 saturated carbocycles. The van der Waals surface area contributed by atoms with Gasteiger partial charge in [-0.2, -0.15) is 0 Å². The maximum Gasteiger partial charge on any atom is 0.0110 e. The molecule has 0 fully saturated rings. The predicted octanol–water partition coefficient (Wildman–Crippen LogP) is 3.98. The Labute approximate surface area is 78.9 Å². The van der Waals surface area contributed by atoms with Crippen LogP contribution >= 0.6 is 22.6 Å². The molecule has 0 aromatic carbocycles. The van der Waals surface area contributed by atoms with E-state index in [-0.39, 0.29) is 0 Å². The summed E-state index contributed by atoms with van der Waals surface area (Å²) in [6, 6.07) is 0. The van der Waals surface area contributed by atoms with Crippen LogP contribution in [0.15, 0.2) is 0 Å². The summed E-state index contributed by atoms with van der Waals surface area (Å²) < 4.78 is 0.624. The number of halogens is 1. The molecule has 1 radical (unpaired) electrons. The zero-order valence-corrected chi connectivity index (χ0v) is 9.06. The average Bonchev–Trinajstić information content (AvgIpc) is 1.87. The van der Waals surface area contributed by atoms with Gasteiger partial charge in [-0.25, -0.2) is 0 Å². The standard InChI is InChI=1S/C9H18I/c1-3-4-5-6-7-8-9(2)10/h9H,2-8H2,1H3. The lowest BCUT2D eigenvalue weighted by molar-refractivity contribution is 0.617. The van der Waals surface area contributed by atoms with Crippen LogP contribution < -0.4 is 0 Å². The van der Waals surface area contributed by atoms with E-state index >= 15 is 0 Å². The van der Waals surface area contributed by atoms with Crippen molar-refractivity contribution in [3.63, 3.8) is 0 Å². The third-order valence-electron chi connectivity index (χ3n) is 1.62. The normalized spacial score (nSPS) is 13.5. The zero-order chi connectivity index (χ0) is 7.82. The molecule has 1 atom stereocenters. The van der Waals surface area contributed by atoms with Crippen LogP contribution in [0.2, 0.25) is 0 Å². The Balaban J connectivity index is 2.77. The molecule has 0 aliphatic carbocycles. The summed E-state index contributed by atoms with van der Waals surface area (Å²) in [5.41, 5.74) is 0. The first-order valence-electron chi connectivity index (χ1n) is 4.24. The number of hydrogen-bond donors (Lipinski definition) is 0. The van der Waals surface area contributed by atoms with Crippen LogP contribution in [-0.2, 0) is 0 Å². The Morgan fingerprint density at radius 3 is 2.30 bits per heavy atom. The van der Waals surface area contributed by atoms with Crippen LogP contribution in [0.25, 0.3) is 0 Å². The van der Waals surface area contributed by atoms with Crippen molar-refractivity contribution >= 4 is 22.6 Å². The van der Waals surface area contributed by atoms with E-state index in [0.29, 0.717) is 3.92 Å². The largest absolute Gasteiger partial charge is 0.0826 e. The molecule has 10 heavy (non-hydrogen) atoms. The molecule has 0 heterocycles. The van der Waals surface area contributed by atoms with Gasteiger partial charge >= 0.3 is 0 Å². The van der Waals surface area contributed by atoms with E-state index in [1.165, 1.54) is 38.5 Å². The SMILES string of the molecule is [CH2]C(I)CCCCCCC. The Bertz CT molecular complexity index is 59.7. The second-order valence-electron chi connectivity index (χ2n) is 2.80. The molecule has 0 aliphatic heterocycles. The van der Waals surface area contributed by atoms with Gasteiger partial charge in [-0.15, -0.1) is 0 Å². The highest BCUT2D eigenvalue weighted by atomic mass is 127. The fourth-order valence-electron chi connectivity index (χ4n) is 0.969. The van der Waals surface area contributed by atoms with Crippen molar-refractivity contribution in [1.82, 2.24) is 0 Å². The highest BCUT2D eigenvalue weighted by Gasteiger charge is 1.94. The van der Waals surface area contributed by atoms with Crippen LogP contribution in [0.1, 0.15) is 45.4 Å². The van der Waals surface area contributed by atoms with Crippen LogP contribution in [0, 0.1) is 6.92 Å². The van der Waals surface area contributed by atoms with Crippen molar-refractivity contribution < 1.29 is 0 Å². The highest BCUT2D eigenvalue weighted by Crippen LogP contribution is 2.11. The minimum atomic E-state index is 0.624. The molecule has 0 aromatic rings. The van der Waals surface area contributed by atoms with Gasteiger partial charge in [0.15, 0.2) is 0 Å². The summed E-state index contributed by atoms with van der Waals surface area (Å²) in [6.07, 6.45) is 8.24. The maximum atomic E-state index is 3.94. The van der Waals surface area contributed by atoms with Crippen molar-refractivity contribution in [3.8, 4) is 0 Å². The van der Waals surface area contributed by atoms with Gasteiger partial charge in [-0.05, 0) is 13.3 Å². The lowest BCUT2D eigenvalue weighted by Gasteiger charge is -2.01. The predicted molar refractivity (Wildman–Crippen MR) is 56.5 cm³/mol. The maximum absolute atomic E-state index is 3.94. The van der Waals surface area contributed by atoms with E-state index in [2.05, 4.69) is 36.4 Å². The van der Waals surface area contributed by atoms with E-state index < -0.39 is 0 Å². The fourth-order valence-corrected chi connectivity index (χ4v) is 1.41. The van der Waals surface area contributed by atoms with E-state index in [1.54, 1.807) is 0 Å². The van der Waals surface area contributed by atoms with Crippen molar-refractivity contribution in [2.24, 2.45) is 0 Å². The fraction of sp³-hybridized carbons (Fsp3) is 0.889. The van der Waals surface area contributed by atoms with Crippen LogP contribution in [-0.4, -0.2) is 3.92 Å². The second kappa shape index (κ2) is 7.83. The van der Waals surface area contributed by atoms with Crippen LogP contribution in [0.3, 0.4) is 0 Å². The lowest BCUT2D eigenvalue weighted by Crippen LogP contribution is -1.89. The minimum absolute atomic E-state index is 0.624. The zero-order valence-electron chi connectivity index (χ0n) is 6.91. The molecule has 1 unspecified atom stereocenters. The Morgan fingerprint density at radius 2 is 1.80 bits per heavy atom. The van der Waals surface area contributed by atoms with Gasteiger partial charge in [0.05, 0.1) is 0 Å². The Hall–Kier alpha value is 0.730. The topological polar surface area (TPSA) is 0 Å². The molecule has 61 valence electrons. The van der Waals surface area contributed by atoms with E-state index in [9.17, 15) is 0 Å². The number of alkyl halides is 1. The van der Waals surface area contributed by atoms with E-state index in [4.69, 9.17) is 0 Å². The minimum Gasteiger partial charge on any atom is -0.0826 e. The first kappa shape index (κ1) is 10.7. The molecule has 0 amide bonds. The van der Waals surface area contributed by atoms with Crippen molar-refractivity contribution in [2.75, 3.05) is 0 Å². The van der Waals surface area contributed by atoms with Crippen LogP contribution in [0.4, 0.5) is 0 Å². The van der Waals surface area contributed by atoms with E-state index in [0.717, 1.165) is 0 Å². The van der Waals surface area contributed by atoms with Gasteiger partial charge in [0, 0.05) is 3.92 Å². The van der Waals surface area contributed by atoms with Gasteiger partial charge in [0.25, 0.3) is 0 Å². The molecule has 0 rings (SSSR count). The van der Waals surface area contributed by atoms with Crippen molar-refractivity contribution in [3.05, 3.63) is 6.92 Å². The molecule has 0 aromatic heterocycles. The third kappa shape index (κ3) is 8.73. The van der Waals surface area contributed by atoms with Gasteiger partial charge < -0.3 is 0 Å². The summed E-state index contributed by atoms with van der Waals surface area (Å²) in [5, 5.41) is 0. The number of unbranched alkanes of at least 4 members (excludes halogenated alkanes) is 4. The van der Waals surface area contributed by atoms with Gasteiger partial charge in [0.1, 0.15) is 0 Å². The van der Waals surface area contributed by atoms with Crippen molar-refractivity contribution in [2.45, 2.75) is 49.4 Å². The highest BCUT2D eigenvalue weighted by molar-refractivity contribution is 14.1. The molecule has 0 saturated heterocycles. The molecule has 0 nitrogen and oxygen atoms in total. The molecule has 0 spiro atoms. The van der Waals surface area contributed by atoms with Crippen LogP contribution in [0.5, 0.6) is 0 Å². The summed E-state index contributed by atoms with van der Waals surface area (Å²) in [7, 11) is 0. The molecular weight excluding hydrogens is 235 g/mol. The quantitative estimate of drug-likeness (QED) is 0.381. The summed E-state index contributed by atoms with van der Waals surface area (Å²) in [4.78, 5) is 0. The van der Waals surface area contributed by atoms with Crippen molar-refractivity contribution in [1.29, 1.82) is 0 Å². The first-order chi connectivity index (χ1) is 4.77. The summed E-state index contributed by atoms with van der Waals surface area (Å²) in [5.74, 6) is 0. The molecule has 0 N–H and O–H groups in total. The van der Waals surface area contributed by atoms with Gasteiger partial charge in [-0.3, -0.25) is 0 Å². The number of rotatable bonds is 6. The molecular formula is C9H18I. The average molecular weight is 253 g/mol. The Morgan fingerprint density at radius 1 is 1.20 bits per heavy atom.